The average molecular weight is 237 g/mol. The van der Waals surface area contributed by atoms with Crippen molar-refractivity contribution in [1.82, 2.24) is 15.6 Å². The molecule has 5 heteroatoms. The summed E-state index contributed by atoms with van der Waals surface area (Å²) in [5.41, 5.74) is 0.890. The van der Waals surface area contributed by atoms with Gasteiger partial charge in [0.2, 0.25) is 5.91 Å². The number of nitrogens with zero attached hydrogens (tertiary/aromatic N) is 1. The van der Waals surface area contributed by atoms with Gasteiger partial charge in [-0.2, -0.15) is 0 Å². The maximum atomic E-state index is 11.8. The Morgan fingerprint density at radius 1 is 1.69 bits per heavy atom. The molecule has 1 aliphatic rings. The van der Waals surface area contributed by atoms with Gasteiger partial charge in [-0.3, -0.25) is 15.1 Å². The molecule has 1 aromatic heterocycles. The van der Waals surface area contributed by atoms with Crippen molar-refractivity contribution in [3.05, 3.63) is 30.1 Å². The smallest absolute Gasteiger partial charge is 0.238 e. The molecule has 2 rings (SSSR count). The van der Waals surface area contributed by atoms with Crippen LogP contribution in [0.5, 0.6) is 0 Å². The van der Waals surface area contributed by atoms with E-state index in [2.05, 4.69) is 15.6 Å². The van der Waals surface area contributed by atoms with Gasteiger partial charge in [0.15, 0.2) is 0 Å². The van der Waals surface area contributed by atoms with E-state index >= 15 is 0 Å². The third-order valence-electron chi connectivity index (χ3n) is 2.52. The third-order valence-corrected chi connectivity index (χ3v) is 3.46. The van der Waals surface area contributed by atoms with E-state index in [0.29, 0.717) is 0 Å². The first kappa shape index (κ1) is 11.4. The maximum Gasteiger partial charge on any atom is 0.238 e. The van der Waals surface area contributed by atoms with Crippen LogP contribution in [0.2, 0.25) is 0 Å². The molecule has 2 heterocycles. The molecule has 16 heavy (non-hydrogen) atoms. The lowest BCUT2D eigenvalue weighted by Gasteiger charge is -2.16. The number of hydrogen-bond acceptors (Lipinski definition) is 4. The molecule has 0 aromatic carbocycles. The zero-order chi connectivity index (χ0) is 11.4. The van der Waals surface area contributed by atoms with Gasteiger partial charge in [0, 0.05) is 17.8 Å². The first-order chi connectivity index (χ1) is 7.77. The van der Waals surface area contributed by atoms with Gasteiger partial charge in [-0.25, -0.2) is 0 Å². The molecule has 2 unspecified atom stereocenters. The number of rotatable bonds is 3. The van der Waals surface area contributed by atoms with Crippen molar-refractivity contribution in [2.24, 2.45) is 0 Å². The van der Waals surface area contributed by atoms with Crippen LogP contribution in [-0.2, 0) is 4.79 Å². The molecule has 0 bridgehead atoms. The Morgan fingerprint density at radius 2 is 2.56 bits per heavy atom. The maximum absolute atomic E-state index is 11.8. The molecule has 1 amide bonds. The highest BCUT2D eigenvalue weighted by Crippen LogP contribution is 2.12. The summed E-state index contributed by atoms with van der Waals surface area (Å²) < 4.78 is 0. The summed E-state index contributed by atoms with van der Waals surface area (Å²) in [5, 5.41) is 6.10. The van der Waals surface area contributed by atoms with Crippen molar-refractivity contribution >= 4 is 17.7 Å². The molecule has 0 spiro atoms. The van der Waals surface area contributed by atoms with E-state index in [0.717, 1.165) is 17.3 Å². The van der Waals surface area contributed by atoms with E-state index < -0.39 is 0 Å². The molecule has 0 radical (unpaired) electrons. The molecule has 1 aliphatic heterocycles. The molecule has 2 N–H and O–H groups in total. The van der Waals surface area contributed by atoms with Gasteiger partial charge in [0.1, 0.15) is 0 Å². The molecule has 0 saturated carbocycles. The summed E-state index contributed by atoms with van der Waals surface area (Å²) >= 11 is 1.75. The van der Waals surface area contributed by atoms with E-state index in [1.165, 1.54) is 0 Å². The minimum absolute atomic E-state index is 0.0406. The number of thioether (sulfide) groups is 1. The molecule has 1 saturated heterocycles. The van der Waals surface area contributed by atoms with E-state index in [1.807, 2.05) is 25.1 Å². The van der Waals surface area contributed by atoms with Crippen molar-refractivity contribution in [1.29, 1.82) is 0 Å². The number of nitrogens with one attached hydrogen (secondary N) is 2. The Morgan fingerprint density at radius 3 is 3.19 bits per heavy atom. The lowest BCUT2D eigenvalue weighted by Crippen LogP contribution is -2.43. The molecule has 2 atom stereocenters. The average Bonchev–Trinajstić information content (AvgIpc) is 2.83. The second-order valence-corrected chi connectivity index (χ2v) is 4.79. The second-order valence-electron chi connectivity index (χ2n) is 3.76. The SMILES string of the molecule is CC(NC(=O)C1CSCN1)c1ccccn1. The van der Waals surface area contributed by atoms with Crippen LogP contribution in [0.1, 0.15) is 18.7 Å². The van der Waals surface area contributed by atoms with Crippen LogP contribution in [0.15, 0.2) is 24.4 Å². The van der Waals surface area contributed by atoms with Gasteiger partial charge in [0.05, 0.1) is 17.8 Å². The molecule has 86 valence electrons. The summed E-state index contributed by atoms with van der Waals surface area (Å²) in [6, 6.07) is 5.61. The molecule has 0 aliphatic carbocycles. The van der Waals surface area contributed by atoms with Crippen molar-refractivity contribution in [2.45, 2.75) is 19.0 Å². The number of amides is 1. The largest absolute Gasteiger partial charge is 0.347 e. The highest BCUT2D eigenvalue weighted by atomic mass is 32.2. The van der Waals surface area contributed by atoms with Crippen molar-refractivity contribution in [3.63, 3.8) is 0 Å². The van der Waals surface area contributed by atoms with E-state index in [-0.39, 0.29) is 18.0 Å². The summed E-state index contributed by atoms with van der Waals surface area (Å²) in [4.78, 5) is 16.0. The first-order valence-electron chi connectivity index (χ1n) is 5.30. The molecule has 4 nitrogen and oxygen atoms in total. The summed E-state index contributed by atoms with van der Waals surface area (Å²) in [5.74, 6) is 1.76. The minimum atomic E-state index is -0.0591. The number of hydrogen-bond donors (Lipinski definition) is 2. The fourth-order valence-corrected chi connectivity index (χ4v) is 2.53. The van der Waals surface area contributed by atoms with Crippen LogP contribution in [0.4, 0.5) is 0 Å². The van der Waals surface area contributed by atoms with E-state index in [9.17, 15) is 4.79 Å². The van der Waals surface area contributed by atoms with Gasteiger partial charge >= 0.3 is 0 Å². The molecule has 1 aromatic rings. The Balaban J connectivity index is 1.92. The normalized spacial score (nSPS) is 21.7. The topological polar surface area (TPSA) is 54.0 Å². The summed E-state index contributed by atoms with van der Waals surface area (Å²) in [6.07, 6.45) is 1.74. The predicted octanol–water partition coefficient (Wildman–Crippen LogP) is 0.921. The Hall–Kier alpha value is -1.07. The molecular weight excluding hydrogens is 222 g/mol. The number of carbonyl (C=O) groups is 1. The lowest BCUT2D eigenvalue weighted by molar-refractivity contribution is -0.123. The van der Waals surface area contributed by atoms with Crippen molar-refractivity contribution in [2.75, 3.05) is 11.6 Å². The zero-order valence-corrected chi connectivity index (χ0v) is 9.96. The van der Waals surface area contributed by atoms with Crippen molar-refractivity contribution in [3.8, 4) is 0 Å². The standard InChI is InChI=1S/C11H15N3OS/c1-8(9-4-2-3-5-12-9)14-11(15)10-6-16-7-13-10/h2-5,8,10,13H,6-7H2,1H3,(H,14,15). The van der Waals surface area contributed by atoms with E-state index in [4.69, 9.17) is 0 Å². The van der Waals surface area contributed by atoms with Crippen LogP contribution in [0, 0.1) is 0 Å². The summed E-state index contributed by atoms with van der Waals surface area (Å²) in [6.45, 7) is 1.95. The van der Waals surface area contributed by atoms with E-state index in [1.54, 1.807) is 18.0 Å². The summed E-state index contributed by atoms with van der Waals surface area (Å²) in [7, 11) is 0. The number of aromatic nitrogens is 1. The zero-order valence-electron chi connectivity index (χ0n) is 9.14. The molecular formula is C11H15N3OS. The van der Waals surface area contributed by atoms with Gasteiger partial charge in [-0.05, 0) is 19.1 Å². The number of carbonyl (C=O) groups excluding carboxylic acids is 1. The highest BCUT2D eigenvalue weighted by Gasteiger charge is 2.23. The van der Waals surface area contributed by atoms with Crippen molar-refractivity contribution < 1.29 is 4.79 Å². The van der Waals surface area contributed by atoms with Gasteiger partial charge in [-0.1, -0.05) is 6.07 Å². The third kappa shape index (κ3) is 2.74. The van der Waals surface area contributed by atoms with Gasteiger partial charge < -0.3 is 5.32 Å². The Kier molecular flexibility index (Phi) is 3.79. The van der Waals surface area contributed by atoms with Crippen LogP contribution in [-0.4, -0.2) is 28.6 Å². The van der Waals surface area contributed by atoms with Crippen LogP contribution < -0.4 is 10.6 Å². The Bertz CT molecular complexity index is 352. The minimum Gasteiger partial charge on any atom is -0.347 e. The lowest BCUT2D eigenvalue weighted by atomic mass is 10.2. The first-order valence-corrected chi connectivity index (χ1v) is 6.45. The fraction of sp³-hybridized carbons (Fsp3) is 0.455. The Labute approximate surface area is 99.2 Å². The van der Waals surface area contributed by atoms with Crippen LogP contribution in [0.3, 0.4) is 0 Å². The van der Waals surface area contributed by atoms with Gasteiger partial charge in [0.25, 0.3) is 0 Å². The molecule has 1 fully saturated rings. The fourth-order valence-electron chi connectivity index (χ4n) is 1.58. The predicted molar refractivity (Wildman–Crippen MR) is 65.0 cm³/mol. The highest BCUT2D eigenvalue weighted by molar-refractivity contribution is 7.99. The van der Waals surface area contributed by atoms with Crippen LogP contribution >= 0.6 is 11.8 Å². The monoisotopic (exact) mass is 237 g/mol. The number of pyridine rings is 1. The quantitative estimate of drug-likeness (QED) is 0.821. The van der Waals surface area contributed by atoms with Gasteiger partial charge in [-0.15, -0.1) is 11.8 Å². The van der Waals surface area contributed by atoms with Crippen LogP contribution in [0.25, 0.3) is 0 Å². The second kappa shape index (κ2) is 5.32.